The second kappa shape index (κ2) is 28.2. The molecule has 0 aliphatic carbocycles. The fraction of sp³-hybridized carbons (Fsp3) is 0.519. The number of likely N-dealkylation sites (tertiary alicyclic amines) is 2. The quantitative estimate of drug-likeness (QED) is 0.0609. The number of Topliss-reactive ketones (excluding diaryl/α,β-unsaturated/α-hetero) is 1. The number of nitrogens with zero attached hydrogens (tertiary/aromatic N) is 3. The molecule has 2 aromatic carbocycles. The third-order valence-corrected chi connectivity index (χ3v) is 13.0. The Hall–Kier alpha value is -4.37. The van der Waals surface area contributed by atoms with E-state index in [2.05, 4.69) is 42.6 Å². The van der Waals surface area contributed by atoms with E-state index in [-0.39, 0.29) is 49.3 Å². The van der Waals surface area contributed by atoms with Crippen molar-refractivity contribution in [2.75, 3.05) is 45.9 Å². The number of fused-ring (bicyclic) bond motifs is 1. The Morgan fingerprint density at radius 3 is 2.22 bits per heavy atom. The summed E-state index contributed by atoms with van der Waals surface area (Å²) in [5.74, 6) is 1.79. The van der Waals surface area contributed by atoms with Crippen molar-refractivity contribution >= 4 is 73.8 Å². The SMILES string of the molecule is C=C(C)c1cc(Cl)cc(C)c1OC(C)CC.CCCCC(C)=O.Cc1cc(Cl)cc(-c2ccnc3cc(CN4C(=O)CCC4=O)sc23)c1OC1CCN(CCCNC(=O)CCOCCN)CC1. The van der Waals surface area contributed by atoms with Crippen molar-refractivity contribution in [1.82, 2.24) is 20.1 Å². The van der Waals surface area contributed by atoms with Gasteiger partial charge in [-0.1, -0.05) is 50.0 Å². The molecule has 12 nitrogen and oxygen atoms in total. The van der Waals surface area contributed by atoms with Crippen molar-refractivity contribution in [3.05, 3.63) is 80.8 Å². The molecule has 0 radical (unpaired) electrons. The molecule has 2 aliphatic rings. The number of aromatic nitrogens is 1. The number of unbranched alkanes of at least 4 members (excludes halogenated alkanes) is 1. The minimum atomic E-state index is -0.125. The second-order valence-corrected chi connectivity index (χ2v) is 19.3. The number of halogens is 2. The highest BCUT2D eigenvalue weighted by Gasteiger charge is 2.30. The number of pyridine rings is 1. The molecule has 4 heterocycles. The Morgan fingerprint density at radius 1 is 0.940 bits per heavy atom. The van der Waals surface area contributed by atoms with Crippen LogP contribution >= 0.6 is 34.5 Å². The van der Waals surface area contributed by atoms with E-state index in [0.29, 0.717) is 43.5 Å². The van der Waals surface area contributed by atoms with Crippen LogP contribution in [0.2, 0.25) is 10.0 Å². The summed E-state index contributed by atoms with van der Waals surface area (Å²) in [6.07, 6.45) is 9.58. The van der Waals surface area contributed by atoms with Gasteiger partial charge in [0.05, 0.1) is 36.1 Å². The van der Waals surface area contributed by atoms with Crippen LogP contribution in [-0.2, 0) is 30.5 Å². The molecule has 67 heavy (non-hydrogen) atoms. The first-order valence-corrected chi connectivity index (χ1v) is 25.2. The van der Waals surface area contributed by atoms with Crippen molar-refractivity contribution in [1.29, 1.82) is 0 Å². The maximum Gasteiger partial charge on any atom is 0.230 e. The van der Waals surface area contributed by atoms with Crippen molar-refractivity contribution in [3.8, 4) is 22.6 Å². The number of hydrogen-bond acceptors (Lipinski definition) is 11. The summed E-state index contributed by atoms with van der Waals surface area (Å²) in [7, 11) is 0. The topological polar surface area (TPSA) is 153 Å². The van der Waals surface area contributed by atoms with Gasteiger partial charge in [0.15, 0.2) is 0 Å². The molecular weight excluding hydrogens is 910 g/mol. The van der Waals surface area contributed by atoms with Gasteiger partial charge in [-0.2, -0.15) is 0 Å². The molecule has 4 aromatic rings. The lowest BCUT2D eigenvalue weighted by Crippen LogP contribution is -2.39. The number of nitrogens with one attached hydrogen (secondary N) is 1. The lowest BCUT2D eigenvalue weighted by Gasteiger charge is -2.33. The van der Waals surface area contributed by atoms with Gasteiger partial charge in [-0.15, -0.1) is 11.3 Å². The molecule has 1 atom stereocenters. The van der Waals surface area contributed by atoms with Crippen LogP contribution in [0.3, 0.4) is 0 Å². The van der Waals surface area contributed by atoms with Crippen LogP contribution in [-0.4, -0.2) is 96.4 Å². The average molecular weight is 981 g/mol. The van der Waals surface area contributed by atoms with E-state index >= 15 is 0 Å². The Balaban J connectivity index is 0.000000350. The Kier molecular flexibility index (Phi) is 23.2. The maximum absolute atomic E-state index is 12.2. The number of carbonyl (C=O) groups excluding carboxylic acids is 4. The molecule has 366 valence electrons. The van der Waals surface area contributed by atoms with Gasteiger partial charge in [0.2, 0.25) is 17.7 Å². The lowest BCUT2D eigenvalue weighted by atomic mass is 10.0. The van der Waals surface area contributed by atoms with Crippen molar-refractivity contribution in [3.63, 3.8) is 0 Å². The zero-order valence-electron chi connectivity index (χ0n) is 40.6. The molecule has 0 bridgehead atoms. The average Bonchev–Trinajstić information content (AvgIpc) is 3.86. The Labute approximate surface area is 411 Å². The van der Waals surface area contributed by atoms with Gasteiger partial charge in [-0.3, -0.25) is 24.3 Å². The van der Waals surface area contributed by atoms with E-state index in [1.165, 1.54) is 4.90 Å². The van der Waals surface area contributed by atoms with Crippen molar-refractivity contribution in [2.24, 2.45) is 5.73 Å². The molecule has 2 fully saturated rings. The number of imide groups is 1. The molecule has 2 aliphatic heterocycles. The van der Waals surface area contributed by atoms with E-state index in [1.54, 1.807) is 24.5 Å². The number of ketones is 1. The van der Waals surface area contributed by atoms with Gasteiger partial charge in [-0.05, 0) is 126 Å². The highest BCUT2D eigenvalue weighted by Crippen LogP contribution is 2.42. The lowest BCUT2D eigenvalue weighted by molar-refractivity contribution is -0.139. The first-order chi connectivity index (χ1) is 32.0. The van der Waals surface area contributed by atoms with Crippen LogP contribution in [0.25, 0.3) is 26.9 Å². The molecule has 0 spiro atoms. The summed E-state index contributed by atoms with van der Waals surface area (Å²) >= 11 is 14.1. The largest absolute Gasteiger partial charge is 0.490 e. The Bertz CT molecular complexity index is 2280. The second-order valence-electron chi connectivity index (χ2n) is 17.3. The fourth-order valence-corrected chi connectivity index (χ4v) is 9.30. The molecule has 0 saturated carbocycles. The summed E-state index contributed by atoms with van der Waals surface area (Å²) in [4.78, 5) is 55.8. The van der Waals surface area contributed by atoms with Gasteiger partial charge in [0.1, 0.15) is 23.4 Å². The molecule has 6 rings (SSSR count). The summed E-state index contributed by atoms with van der Waals surface area (Å²) in [5.41, 5.74) is 12.1. The third kappa shape index (κ3) is 17.6. The molecule has 2 saturated heterocycles. The fourth-order valence-electron chi connectivity index (χ4n) is 7.62. The summed E-state index contributed by atoms with van der Waals surface area (Å²) < 4.78 is 18.9. The summed E-state index contributed by atoms with van der Waals surface area (Å²) in [6, 6.07) is 11.6. The minimum absolute atomic E-state index is 0.00491. The van der Waals surface area contributed by atoms with Crippen LogP contribution in [0.15, 0.2) is 49.2 Å². The number of ether oxygens (including phenoxy) is 3. The van der Waals surface area contributed by atoms with Crippen LogP contribution in [0.4, 0.5) is 0 Å². The van der Waals surface area contributed by atoms with Crippen LogP contribution in [0, 0.1) is 13.8 Å². The normalized spacial score (nSPS) is 14.6. The molecular formula is C52H71Cl2N5O7S. The Morgan fingerprint density at radius 2 is 1.61 bits per heavy atom. The number of amides is 3. The molecule has 3 N–H and O–H groups in total. The van der Waals surface area contributed by atoms with E-state index in [1.807, 2.05) is 57.2 Å². The molecule has 1 unspecified atom stereocenters. The molecule has 15 heteroatoms. The van der Waals surface area contributed by atoms with Gasteiger partial charge >= 0.3 is 0 Å². The minimum Gasteiger partial charge on any atom is -0.490 e. The highest BCUT2D eigenvalue weighted by molar-refractivity contribution is 7.19. The van der Waals surface area contributed by atoms with Gasteiger partial charge in [-0.25, -0.2) is 0 Å². The van der Waals surface area contributed by atoms with Gasteiger partial charge in [0.25, 0.3) is 0 Å². The first-order valence-electron chi connectivity index (χ1n) is 23.6. The predicted octanol–water partition coefficient (Wildman–Crippen LogP) is 10.9. The van der Waals surface area contributed by atoms with E-state index in [4.69, 9.17) is 43.1 Å². The number of aryl methyl sites for hydroxylation is 2. The number of benzene rings is 2. The van der Waals surface area contributed by atoms with Crippen LogP contribution < -0.4 is 20.5 Å². The molecule has 3 amide bonds. The summed E-state index contributed by atoms with van der Waals surface area (Å²) in [5, 5.41) is 4.32. The maximum atomic E-state index is 12.2. The number of nitrogens with two attached hydrogens (primary N) is 1. The number of carbonyl (C=O) groups is 4. The predicted molar refractivity (Wildman–Crippen MR) is 273 cm³/mol. The number of rotatable bonds is 21. The monoisotopic (exact) mass is 979 g/mol. The number of piperidine rings is 1. The smallest absolute Gasteiger partial charge is 0.230 e. The van der Waals surface area contributed by atoms with Gasteiger partial charge in [0, 0.05) is 89.7 Å². The number of allylic oxidation sites excluding steroid dienone is 1. The van der Waals surface area contributed by atoms with Crippen LogP contribution in [0.1, 0.15) is 120 Å². The summed E-state index contributed by atoms with van der Waals surface area (Å²) in [6.45, 7) is 22.9. The first kappa shape index (κ1) is 55.2. The van der Waals surface area contributed by atoms with Crippen LogP contribution in [0.5, 0.6) is 11.5 Å². The van der Waals surface area contributed by atoms with Gasteiger partial charge < -0.3 is 35.0 Å². The third-order valence-electron chi connectivity index (χ3n) is 11.5. The van der Waals surface area contributed by atoms with E-state index < -0.39 is 0 Å². The molecule has 2 aromatic heterocycles. The zero-order chi connectivity index (χ0) is 49.0. The van der Waals surface area contributed by atoms with Crippen molar-refractivity contribution < 1.29 is 33.4 Å². The highest BCUT2D eigenvalue weighted by atomic mass is 35.5. The zero-order valence-corrected chi connectivity index (χ0v) is 42.9. The number of thiophene rings is 1. The van der Waals surface area contributed by atoms with Crippen molar-refractivity contribution in [2.45, 2.75) is 131 Å². The standard InChI is InChI=1S/C32H40ClN5O5S.C14H19ClO.C6H12O/c1-21-17-22(33)18-26(25-5-11-35-27-19-24(44-32(25)27)20-38-29(40)3-4-30(38)41)31(21)43-23-6-13-37(14-7-23)12-2-10-36-28(39)8-15-42-16-9-34;1-6-11(5)16-14-10(4)7-12(15)8-13(14)9(2)3;1-3-4-5-6(2)7/h5,11,17-19,23H,2-4,6-10,12-16,20,34H2,1H3,(H,36,39);7-8,11H,2,6H2,1,3-5H3;3-5H2,1-2H3. The number of hydrogen-bond donors (Lipinski definition) is 2. The van der Waals surface area contributed by atoms with E-state index in [0.717, 1.165) is 130 Å². The van der Waals surface area contributed by atoms with E-state index in [9.17, 15) is 19.2 Å².